The zero-order valence-corrected chi connectivity index (χ0v) is 11.9. The number of ether oxygens (including phenoxy) is 1. The third-order valence-corrected chi connectivity index (χ3v) is 3.11. The molecule has 3 nitrogen and oxygen atoms in total. The number of aryl methyl sites for hydroxylation is 1. The fourth-order valence-electron chi connectivity index (χ4n) is 2.08. The van der Waals surface area contributed by atoms with E-state index in [2.05, 4.69) is 5.32 Å². The largest absolute Gasteiger partial charge is 0.465 e. The summed E-state index contributed by atoms with van der Waals surface area (Å²) in [7, 11) is 0. The second-order valence-electron chi connectivity index (χ2n) is 4.78. The van der Waals surface area contributed by atoms with Crippen LogP contribution in [0, 0.1) is 6.92 Å². The summed E-state index contributed by atoms with van der Waals surface area (Å²) in [6, 6.07) is 21.6. The van der Waals surface area contributed by atoms with Crippen LogP contribution in [-0.2, 0) is 6.54 Å². The molecule has 0 aliphatic rings. The molecule has 0 saturated heterocycles. The van der Waals surface area contributed by atoms with Crippen LogP contribution in [0.4, 0.5) is 5.69 Å². The Kier molecular flexibility index (Phi) is 3.92. The first-order chi connectivity index (χ1) is 10.3. The first-order valence-electron chi connectivity index (χ1n) is 6.92. The molecule has 3 rings (SSSR count). The summed E-state index contributed by atoms with van der Waals surface area (Å²) in [5.74, 6) is 3.44. The zero-order valence-electron chi connectivity index (χ0n) is 11.9. The monoisotopic (exact) mass is 279 g/mol. The van der Waals surface area contributed by atoms with Crippen LogP contribution in [0.15, 0.2) is 71.1 Å². The lowest BCUT2D eigenvalue weighted by Crippen LogP contribution is -2.00. The normalized spacial score (nSPS) is 10.3. The van der Waals surface area contributed by atoms with Crippen molar-refractivity contribution >= 4 is 5.69 Å². The van der Waals surface area contributed by atoms with E-state index in [4.69, 9.17) is 9.15 Å². The van der Waals surface area contributed by atoms with Gasteiger partial charge in [0.05, 0.1) is 12.2 Å². The van der Waals surface area contributed by atoms with Gasteiger partial charge in [-0.1, -0.05) is 30.3 Å². The Morgan fingerprint density at radius 3 is 2.43 bits per heavy atom. The van der Waals surface area contributed by atoms with Crippen molar-refractivity contribution in [3.05, 3.63) is 78.3 Å². The van der Waals surface area contributed by atoms with E-state index in [0.717, 1.165) is 28.7 Å². The molecule has 0 amide bonds. The Morgan fingerprint density at radius 1 is 0.905 bits per heavy atom. The molecule has 0 spiro atoms. The molecule has 0 bridgehead atoms. The maximum Gasteiger partial charge on any atom is 0.150 e. The van der Waals surface area contributed by atoms with Crippen LogP contribution in [0.1, 0.15) is 11.5 Å². The average Bonchev–Trinajstić information content (AvgIpc) is 2.93. The summed E-state index contributed by atoms with van der Waals surface area (Å²) in [4.78, 5) is 0. The molecule has 0 aliphatic carbocycles. The van der Waals surface area contributed by atoms with Crippen molar-refractivity contribution in [1.29, 1.82) is 0 Å². The highest BCUT2D eigenvalue weighted by Gasteiger charge is 2.05. The van der Waals surface area contributed by atoms with E-state index in [1.807, 2.05) is 73.7 Å². The number of furan rings is 1. The van der Waals surface area contributed by atoms with Gasteiger partial charge in [0.25, 0.3) is 0 Å². The number of rotatable bonds is 5. The zero-order chi connectivity index (χ0) is 14.5. The molecule has 0 fully saturated rings. The lowest BCUT2D eigenvalue weighted by molar-refractivity contribution is 0.480. The van der Waals surface area contributed by atoms with Crippen LogP contribution in [0.5, 0.6) is 11.5 Å². The highest BCUT2D eigenvalue weighted by Crippen LogP contribution is 2.29. The molecule has 0 radical (unpaired) electrons. The number of para-hydroxylation sites is 3. The molecule has 3 aromatic rings. The molecule has 3 heteroatoms. The number of benzene rings is 2. The van der Waals surface area contributed by atoms with E-state index < -0.39 is 0 Å². The van der Waals surface area contributed by atoms with Gasteiger partial charge >= 0.3 is 0 Å². The molecule has 21 heavy (non-hydrogen) atoms. The molecule has 106 valence electrons. The van der Waals surface area contributed by atoms with Crippen molar-refractivity contribution in [3.63, 3.8) is 0 Å². The number of anilines is 1. The lowest BCUT2D eigenvalue weighted by Gasteiger charge is -2.12. The predicted molar refractivity (Wildman–Crippen MR) is 83.7 cm³/mol. The van der Waals surface area contributed by atoms with Gasteiger partial charge in [0.15, 0.2) is 5.75 Å². The summed E-state index contributed by atoms with van der Waals surface area (Å²) in [5.41, 5.74) is 0.940. The number of hydrogen-bond acceptors (Lipinski definition) is 3. The van der Waals surface area contributed by atoms with E-state index in [1.54, 1.807) is 0 Å². The molecule has 1 aromatic heterocycles. The van der Waals surface area contributed by atoms with Crippen LogP contribution in [-0.4, -0.2) is 0 Å². The number of hydrogen-bond donors (Lipinski definition) is 1. The van der Waals surface area contributed by atoms with Gasteiger partial charge in [-0.15, -0.1) is 0 Å². The topological polar surface area (TPSA) is 34.4 Å². The Morgan fingerprint density at radius 2 is 1.67 bits per heavy atom. The van der Waals surface area contributed by atoms with Crippen LogP contribution < -0.4 is 10.1 Å². The van der Waals surface area contributed by atoms with Gasteiger partial charge in [-0.25, -0.2) is 0 Å². The molecule has 1 N–H and O–H groups in total. The third kappa shape index (κ3) is 3.45. The van der Waals surface area contributed by atoms with E-state index in [9.17, 15) is 0 Å². The van der Waals surface area contributed by atoms with Gasteiger partial charge in [0.2, 0.25) is 0 Å². The molecular formula is C18H17NO2. The Hall–Kier alpha value is -2.68. The van der Waals surface area contributed by atoms with E-state index >= 15 is 0 Å². The van der Waals surface area contributed by atoms with Gasteiger partial charge in [0, 0.05) is 0 Å². The van der Waals surface area contributed by atoms with Crippen molar-refractivity contribution in [1.82, 2.24) is 0 Å². The minimum Gasteiger partial charge on any atom is -0.465 e. The van der Waals surface area contributed by atoms with Crippen molar-refractivity contribution in [2.24, 2.45) is 0 Å². The average molecular weight is 279 g/mol. The summed E-state index contributed by atoms with van der Waals surface area (Å²) >= 11 is 0. The van der Waals surface area contributed by atoms with Crippen molar-refractivity contribution in [2.45, 2.75) is 13.5 Å². The van der Waals surface area contributed by atoms with Crippen molar-refractivity contribution in [2.75, 3.05) is 5.32 Å². The van der Waals surface area contributed by atoms with E-state index in [-0.39, 0.29) is 0 Å². The van der Waals surface area contributed by atoms with Crippen LogP contribution in [0.3, 0.4) is 0 Å². The Bertz CT molecular complexity index is 704. The molecule has 0 aliphatic heterocycles. The van der Waals surface area contributed by atoms with E-state index in [1.165, 1.54) is 0 Å². The SMILES string of the molecule is Cc1ccc(CNc2ccccc2Oc2ccccc2)o1. The summed E-state index contributed by atoms with van der Waals surface area (Å²) < 4.78 is 11.5. The second-order valence-corrected chi connectivity index (χ2v) is 4.78. The summed E-state index contributed by atoms with van der Waals surface area (Å²) in [6.45, 7) is 2.57. The molecule has 0 unspecified atom stereocenters. The molecular weight excluding hydrogens is 262 g/mol. The molecule has 0 atom stereocenters. The van der Waals surface area contributed by atoms with Gasteiger partial charge in [-0.3, -0.25) is 0 Å². The second kappa shape index (κ2) is 6.18. The molecule has 2 aromatic carbocycles. The lowest BCUT2D eigenvalue weighted by atomic mass is 10.2. The molecule has 1 heterocycles. The van der Waals surface area contributed by atoms with E-state index in [0.29, 0.717) is 6.54 Å². The minimum absolute atomic E-state index is 0.628. The Balaban J connectivity index is 1.73. The van der Waals surface area contributed by atoms with Crippen molar-refractivity contribution in [3.8, 4) is 11.5 Å². The van der Waals surface area contributed by atoms with Gasteiger partial charge in [-0.2, -0.15) is 0 Å². The summed E-state index contributed by atoms with van der Waals surface area (Å²) in [6.07, 6.45) is 0. The fourth-order valence-corrected chi connectivity index (χ4v) is 2.08. The standard InChI is InChI=1S/C18H17NO2/c1-14-11-12-16(20-14)13-19-17-9-5-6-10-18(17)21-15-7-3-2-4-8-15/h2-12,19H,13H2,1H3. The van der Waals surface area contributed by atoms with Gasteiger partial charge in [0.1, 0.15) is 17.3 Å². The maximum atomic E-state index is 5.91. The van der Waals surface area contributed by atoms with Crippen LogP contribution >= 0.6 is 0 Å². The van der Waals surface area contributed by atoms with Gasteiger partial charge < -0.3 is 14.5 Å². The first-order valence-corrected chi connectivity index (χ1v) is 6.92. The Labute approximate surface area is 124 Å². The highest BCUT2D eigenvalue weighted by molar-refractivity contribution is 5.57. The quantitative estimate of drug-likeness (QED) is 0.714. The maximum absolute atomic E-state index is 5.91. The highest BCUT2D eigenvalue weighted by atomic mass is 16.5. The fraction of sp³-hybridized carbons (Fsp3) is 0.111. The first kappa shape index (κ1) is 13.3. The van der Waals surface area contributed by atoms with Crippen molar-refractivity contribution < 1.29 is 9.15 Å². The van der Waals surface area contributed by atoms with Gasteiger partial charge in [-0.05, 0) is 43.3 Å². The van der Waals surface area contributed by atoms with Crippen LogP contribution in [0.25, 0.3) is 0 Å². The third-order valence-electron chi connectivity index (χ3n) is 3.11. The number of nitrogens with one attached hydrogen (secondary N) is 1. The minimum atomic E-state index is 0.628. The smallest absolute Gasteiger partial charge is 0.150 e. The van der Waals surface area contributed by atoms with Crippen LogP contribution in [0.2, 0.25) is 0 Å². The predicted octanol–water partition coefficient (Wildman–Crippen LogP) is 4.99. The summed E-state index contributed by atoms with van der Waals surface area (Å²) in [5, 5.41) is 3.34. The molecule has 0 saturated carbocycles.